The molecule has 0 atom stereocenters. The first kappa shape index (κ1) is 24.8. The highest BCUT2D eigenvalue weighted by molar-refractivity contribution is 7.13. The van der Waals surface area contributed by atoms with Crippen molar-refractivity contribution in [1.29, 1.82) is 0 Å². The van der Waals surface area contributed by atoms with Gasteiger partial charge < -0.3 is 4.74 Å². The number of ether oxygens (including phenoxy) is 1. The van der Waals surface area contributed by atoms with Gasteiger partial charge in [0.25, 0.3) is 17.0 Å². The number of aromatic nitrogens is 4. The summed E-state index contributed by atoms with van der Waals surface area (Å²) in [6.07, 6.45) is 10.1. The quantitative estimate of drug-likeness (QED) is 0.494. The maximum atomic E-state index is 13.0. The van der Waals surface area contributed by atoms with Gasteiger partial charge in [0.05, 0.1) is 24.0 Å². The molecule has 1 saturated carbocycles. The van der Waals surface area contributed by atoms with Crippen molar-refractivity contribution in [2.75, 3.05) is 19.7 Å². The SMILES string of the molecule is Cn1ncc(CC(=O)N=CC2CCC(CCN3CCc4sc(OCC(C)(F)F)nc4C3)CC2)n1. The van der Waals surface area contributed by atoms with Crippen LogP contribution in [0.4, 0.5) is 8.78 Å². The summed E-state index contributed by atoms with van der Waals surface area (Å²) in [5.41, 5.74) is 1.61. The van der Waals surface area contributed by atoms with Crippen molar-refractivity contribution in [3.05, 3.63) is 22.5 Å². The van der Waals surface area contributed by atoms with E-state index in [4.69, 9.17) is 4.74 Å². The number of alkyl halides is 2. The van der Waals surface area contributed by atoms with Gasteiger partial charge in [-0.05, 0) is 56.9 Å². The van der Waals surface area contributed by atoms with Crippen LogP contribution in [0, 0.1) is 11.8 Å². The summed E-state index contributed by atoms with van der Waals surface area (Å²) in [7, 11) is 1.72. The lowest BCUT2D eigenvalue weighted by Gasteiger charge is -2.30. The lowest BCUT2D eigenvalue weighted by molar-refractivity contribution is -0.117. The summed E-state index contributed by atoms with van der Waals surface area (Å²) in [5.74, 6) is -1.98. The van der Waals surface area contributed by atoms with Gasteiger partial charge in [0.15, 0.2) is 6.61 Å². The molecule has 2 aliphatic rings. The summed E-state index contributed by atoms with van der Waals surface area (Å²) >= 11 is 1.40. The van der Waals surface area contributed by atoms with Crippen molar-refractivity contribution in [2.24, 2.45) is 23.9 Å². The molecule has 0 unspecified atom stereocenters. The largest absolute Gasteiger partial charge is 0.464 e. The monoisotopic (exact) mass is 494 g/mol. The fourth-order valence-electron chi connectivity index (χ4n) is 4.52. The number of aliphatic imine (C=N–C) groups is 1. The van der Waals surface area contributed by atoms with Gasteiger partial charge in [-0.1, -0.05) is 11.3 Å². The Morgan fingerprint density at radius 2 is 2.15 bits per heavy atom. The minimum absolute atomic E-state index is 0.175. The molecular weight excluding hydrogens is 462 g/mol. The van der Waals surface area contributed by atoms with Crippen LogP contribution in [0.5, 0.6) is 5.19 Å². The standard InChI is InChI=1S/C23H32F2N6O2S/c1-23(24,25)15-33-22-28-19-14-31(10-8-20(19)34-22)9-7-16-3-5-17(6-4-16)12-26-21(32)11-18-13-27-30(2)29-18/h12-13,16-17H,3-11,14-15H2,1-2H3. The normalized spacial score (nSPS) is 21.6. The van der Waals surface area contributed by atoms with Gasteiger partial charge in [-0.3, -0.25) is 9.69 Å². The number of carbonyl (C=O) groups excluding carboxylic acids is 1. The number of amides is 1. The van der Waals surface area contributed by atoms with Crippen molar-refractivity contribution in [3.63, 3.8) is 0 Å². The molecule has 1 aliphatic carbocycles. The fraction of sp³-hybridized carbons (Fsp3) is 0.696. The van der Waals surface area contributed by atoms with Crippen molar-refractivity contribution >= 4 is 23.5 Å². The second kappa shape index (κ2) is 11.0. The third kappa shape index (κ3) is 7.36. The molecule has 11 heteroatoms. The maximum absolute atomic E-state index is 13.0. The highest BCUT2D eigenvalue weighted by Gasteiger charge is 2.26. The molecule has 0 spiro atoms. The summed E-state index contributed by atoms with van der Waals surface area (Å²) in [5, 5.41) is 8.44. The third-order valence-corrected chi connectivity index (χ3v) is 7.46. The molecule has 0 aromatic carbocycles. The van der Waals surface area contributed by atoms with Gasteiger partial charge in [-0.15, -0.1) is 0 Å². The van der Waals surface area contributed by atoms with Crippen molar-refractivity contribution in [2.45, 2.75) is 64.3 Å². The Balaban J connectivity index is 1.15. The predicted molar refractivity (Wildman–Crippen MR) is 125 cm³/mol. The van der Waals surface area contributed by atoms with E-state index >= 15 is 0 Å². The second-order valence-corrected chi connectivity index (χ2v) is 10.5. The summed E-state index contributed by atoms with van der Waals surface area (Å²) < 4.78 is 31.3. The van der Waals surface area contributed by atoms with Gasteiger partial charge in [0.2, 0.25) is 0 Å². The molecular formula is C23H32F2N6O2S. The molecule has 34 heavy (non-hydrogen) atoms. The molecule has 2 aromatic heterocycles. The van der Waals surface area contributed by atoms with E-state index in [-0.39, 0.29) is 12.3 Å². The average molecular weight is 495 g/mol. The van der Waals surface area contributed by atoms with Crippen molar-refractivity contribution in [3.8, 4) is 5.19 Å². The zero-order valence-corrected chi connectivity index (χ0v) is 20.6. The number of hydrogen-bond donors (Lipinski definition) is 0. The van der Waals surface area contributed by atoms with Crippen LogP contribution in [-0.2, 0) is 31.2 Å². The van der Waals surface area contributed by atoms with E-state index in [0.717, 1.165) is 75.7 Å². The number of thiazole rings is 1. The third-order valence-electron chi connectivity index (χ3n) is 6.39. The molecule has 0 saturated heterocycles. The number of aryl methyl sites for hydroxylation is 1. The molecule has 8 nitrogen and oxygen atoms in total. The number of carbonyl (C=O) groups is 1. The molecule has 1 amide bonds. The van der Waals surface area contributed by atoms with Crippen molar-refractivity contribution in [1.82, 2.24) is 24.9 Å². The molecule has 3 heterocycles. The summed E-state index contributed by atoms with van der Waals surface area (Å²) in [4.78, 5) is 25.6. The lowest BCUT2D eigenvalue weighted by atomic mass is 9.81. The Hall–Kier alpha value is -2.27. The Kier molecular flexibility index (Phi) is 8.02. The minimum Gasteiger partial charge on any atom is -0.464 e. The molecule has 1 fully saturated rings. The van der Waals surface area contributed by atoms with E-state index < -0.39 is 12.5 Å². The molecule has 1 aliphatic heterocycles. The van der Waals surface area contributed by atoms with Gasteiger partial charge in [-0.25, -0.2) is 18.8 Å². The first-order valence-corrected chi connectivity index (χ1v) is 12.7. The van der Waals surface area contributed by atoms with E-state index in [9.17, 15) is 13.6 Å². The number of halogens is 2. The highest BCUT2D eigenvalue weighted by Crippen LogP contribution is 2.33. The first-order chi connectivity index (χ1) is 16.2. The topological polar surface area (TPSA) is 85.5 Å². The van der Waals surface area contributed by atoms with E-state index in [1.54, 1.807) is 13.2 Å². The van der Waals surface area contributed by atoms with Crippen LogP contribution in [0.25, 0.3) is 0 Å². The van der Waals surface area contributed by atoms with Crippen LogP contribution in [0.15, 0.2) is 11.2 Å². The first-order valence-electron chi connectivity index (χ1n) is 11.9. The van der Waals surface area contributed by atoms with Gasteiger partial charge in [-0.2, -0.15) is 15.0 Å². The molecule has 0 bridgehead atoms. The Morgan fingerprint density at radius 1 is 1.35 bits per heavy atom. The smallest absolute Gasteiger partial charge is 0.278 e. The van der Waals surface area contributed by atoms with Gasteiger partial charge >= 0.3 is 0 Å². The van der Waals surface area contributed by atoms with E-state index in [0.29, 0.717) is 22.7 Å². The number of fused-ring (bicyclic) bond motifs is 1. The Bertz CT molecular complexity index is 994. The Labute approximate surface area is 202 Å². The Morgan fingerprint density at radius 3 is 2.85 bits per heavy atom. The van der Waals surface area contributed by atoms with E-state index in [2.05, 4.69) is 25.1 Å². The van der Waals surface area contributed by atoms with Crippen LogP contribution in [0.1, 0.15) is 55.3 Å². The molecule has 0 radical (unpaired) electrons. The average Bonchev–Trinajstić information content (AvgIpc) is 3.40. The number of rotatable bonds is 9. The number of hydrogen-bond acceptors (Lipinski definition) is 7. The van der Waals surface area contributed by atoms with Crippen LogP contribution >= 0.6 is 11.3 Å². The zero-order chi connectivity index (χ0) is 24.1. The maximum Gasteiger partial charge on any atom is 0.278 e. The van der Waals surface area contributed by atoms with E-state index in [1.807, 2.05) is 6.21 Å². The summed E-state index contributed by atoms with van der Waals surface area (Å²) in [6, 6.07) is 0. The second-order valence-electron chi connectivity index (χ2n) is 9.48. The minimum atomic E-state index is -2.85. The fourth-order valence-corrected chi connectivity index (χ4v) is 5.42. The molecule has 186 valence electrons. The predicted octanol–water partition coefficient (Wildman–Crippen LogP) is 3.70. The number of nitrogens with zero attached hydrogens (tertiary/aromatic N) is 6. The molecule has 4 rings (SSSR count). The highest BCUT2D eigenvalue weighted by atomic mass is 32.1. The van der Waals surface area contributed by atoms with Crippen LogP contribution in [-0.4, -0.2) is 62.6 Å². The lowest BCUT2D eigenvalue weighted by Crippen LogP contribution is -2.32. The van der Waals surface area contributed by atoms with Crippen LogP contribution in [0.2, 0.25) is 0 Å². The summed E-state index contributed by atoms with van der Waals surface area (Å²) in [6.45, 7) is 2.96. The van der Waals surface area contributed by atoms with Crippen LogP contribution < -0.4 is 4.74 Å². The van der Waals surface area contributed by atoms with Crippen molar-refractivity contribution < 1.29 is 18.3 Å². The molecule has 2 aromatic rings. The molecule has 0 N–H and O–H groups in total. The zero-order valence-electron chi connectivity index (χ0n) is 19.8. The van der Waals surface area contributed by atoms with E-state index in [1.165, 1.54) is 16.1 Å². The van der Waals surface area contributed by atoms with Gasteiger partial charge in [0.1, 0.15) is 0 Å². The van der Waals surface area contributed by atoms with Crippen LogP contribution in [0.3, 0.4) is 0 Å². The van der Waals surface area contributed by atoms with Gasteiger partial charge in [0, 0.05) is 38.2 Å².